The Hall–Kier alpha value is -0.940. The zero-order chi connectivity index (χ0) is 19.6. The van der Waals surface area contributed by atoms with Crippen LogP contribution in [0.25, 0.3) is 0 Å². The maximum absolute atomic E-state index is 5.38. The first kappa shape index (κ1) is 20.3. The van der Waals surface area contributed by atoms with Crippen molar-refractivity contribution in [2.24, 2.45) is 5.92 Å². The monoisotopic (exact) mass is 385 g/mol. The summed E-state index contributed by atoms with van der Waals surface area (Å²) in [4.78, 5) is 8.01. The molecule has 1 aromatic carbocycles. The molecular formula is C24H39N3O. The Bertz CT molecular complexity index is 620. The van der Waals surface area contributed by atoms with Gasteiger partial charge in [0.05, 0.1) is 13.3 Å². The van der Waals surface area contributed by atoms with Gasteiger partial charge < -0.3 is 4.74 Å². The van der Waals surface area contributed by atoms with E-state index in [9.17, 15) is 0 Å². The van der Waals surface area contributed by atoms with Gasteiger partial charge in [0.25, 0.3) is 0 Å². The molecule has 4 nitrogen and oxygen atoms in total. The first-order valence-corrected chi connectivity index (χ1v) is 11.3. The third-order valence-electron chi connectivity index (χ3n) is 8.05. The average molecular weight is 386 g/mol. The van der Waals surface area contributed by atoms with Gasteiger partial charge in [0.15, 0.2) is 0 Å². The van der Waals surface area contributed by atoms with Crippen molar-refractivity contribution in [3.05, 3.63) is 35.9 Å². The Morgan fingerprint density at radius 3 is 2.36 bits per heavy atom. The molecule has 0 amide bonds. The molecule has 0 N–H and O–H groups in total. The van der Waals surface area contributed by atoms with E-state index in [4.69, 9.17) is 4.74 Å². The zero-order valence-electron chi connectivity index (χ0n) is 18.2. The van der Waals surface area contributed by atoms with E-state index in [2.05, 4.69) is 59.1 Å². The summed E-state index contributed by atoms with van der Waals surface area (Å²) in [5.41, 5.74) is 2.06. The predicted molar refractivity (Wildman–Crippen MR) is 115 cm³/mol. The van der Waals surface area contributed by atoms with E-state index in [0.717, 1.165) is 25.7 Å². The number of nitrogens with zero attached hydrogens (tertiary/aromatic N) is 3. The lowest BCUT2D eigenvalue weighted by molar-refractivity contribution is 0.00464. The Balaban J connectivity index is 1.52. The van der Waals surface area contributed by atoms with Crippen LogP contribution in [0.15, 0.2) is 30.3 Å². The molecule has 0 radical (unpaired) electrons. The molecule has 2 saturated carbocycles. The van der Waals surface area contributed by atoms with Crippen molar-refractivity contribution in [1.29, 1.82) is 0 Å². The molecule has 0 bridgehead atoms. The molecule has 4 heteroatoms. The highest BCUT2D eigenvalue weighted by atomic mass is 16.5. The van der Waals surface area contributed by atoms with Gasteiger partial charge in [-0.05, 0) is 64.1 Å². The molecule has 28 heavy (non-hydrogen) atoms. The predicted octanol–water partition coefficient (Wildman–Crippen LogP) is 3.78. The van der Waals surface area contributed by atoms with Crippen LogP contribution in [-0.4, -0.2) is 74.4 Å². The van der Waals surface area contributed by atoms with E-state index in [1.165, 1.54) is 63.6 Å². The zero-order valence-corrected chi connectivity index (χ0v) is 18.2. The lowest BCUT2D eigenvalue weighted by Crippen LogP contribution is -2.56. The van der Waals surface area contributed by atoms with E-state index < -0.39 is 0 Å². The van der Waals surface area contributed by atoms with Crippen LogP contribution < -0.4 is 0 Å². The van der Waals surface area contributed by atoms with Crippen molar-refractivity contribution >= 4 is 0 Å². The van der Waals surface area contributed by atoms with E-state index in [1.807, 2.05) is 7.11 Å². The van der Waals surface area contributed by atoms with E-state index in [1.54, 1.807) is 0 Å². The summed E-state index contributed by atoms with van der Waals surface area (Å²) in [7, 11) is 6.37. The van der Waals surface area contributed by atoms with Crippen LogP contribution in [0.4, 0.5) is 0 Å². The summed E-state index contributed by atoms with van der Waals surface area (Å²) in [6, 6.07) is 11.2. The Morgan fingerprint density at radius 2 is 1.79 bits per heavy atom. The van der Waals surface area contributed by atoms with Gasteiger partial charge in [-0.1, -0.05) is 36.8 Å². The van der Waals surface area contributed by atoms with Gasteiger partial charge >= 0.3 is 0 Å². The summed E-state index contributed by atoms with van der Waals surface area (Å²) < 4.78 is 5.38. The van der Waals surface area contributed by atoms with Gasteiger partial charge in [-0.25, -0.2) is 0 Å². The smallest absolute Gasteiger partial charge is 0.0590 e. The number of rotatable bonds is 7. The molecule has 1 aromatic rings. The molecule has 1 heterocycles. The first-order valence-electron chi connectivity index (χ1n) is 11.3. The van der Waals surface area contributed by atoms with Crippen molar-refractivity contribution in [3.63, 3.8) is 0 Å². The lowest BCUT2D eigenvalue weighted by Gasteiger charge is -2.52. The number of hydrogen-bond acceptors (Lipinski definition) is 4. The minimum absolute atomic E-state index is 0.189. The van der Waals surface area contributed by atoms with Crippen molar-refractivity contribution in [2.75, 3.05) is 54.1 Å². The van der Waals surface area contributed by atoms with Crippen molar-refractivity contribution < 1.29 is 4.74 Å². The minimum Gasteiger partial charge on any atom is -0.383 e. The van der Waals surface area contributed by atoms with Crippen LogP contribution >= 0.6 is 0 Å². The average Bonchev–Trinajstić information content (AvgIpc) is 3.01. The Labute approximate surface area is 171 Å². The molecule has 3 fully saturated rings. The van der Waals surface area contributed by atoms with Gasteiger partial charge in [-0.3, -0.25) is 14.7 Å². The molecule has 1 saturated heterocycles. The summed E-state index contributed by atoms with van der Waals surface area (Å²) in [5, 5.41) is 0. The number of methoxy groups -OCH3 is 1. The van der Waals surface area contributed by atoms with Crippen LogP contribution in [0.5, 0.6) is 0 Å². The van der Waals surface area contributed by atoms with Crippen LogP contribution in [0, 0.1) is 5.92 Å². The summed E-state index contributed by atoms with van der Waals surface area (Å²) in [6.07, 6.45) is 9.43. The topological polar surface area (TPSA) is 19.0 Å². The highest BCUT2D eigenvalue weighted by molar-refractivity contribution is 5.26. The summed E-state index contributed by atoms with van der Waals surface area (Å²) in [5.74, 6) is 0.939. The fourth-order valence-electron chi connectivity index (χ4n) is 5.91. The molecule has 4 rings (SSSR count). The first-order chi connectivity index (χ1) is 13.6. The second-order valence-electron chi connectivity index (χ2n) is 9.72. The van der Waals surface area contributed by atoms with Crippen molar-refractivity contribution in [3.8, 4) is 0 Å². The fourth-order valence-corrected chi connectivity index (χ4v) is 5.91. The molecule has 156 valence electrons. The molecule has 3 aliphatic rings. The normalized spacial score (nSPS) is 32.3. The largest absolute Gasteiger partial charge is 0.383 e. The molecular weight excluding hydrogens is 346 g/mol. The van der Waals surface area contributed by atoms with E-state index in [-0.39, 0.29) is 5.54 Å². The molecule has 1 aliphatic heterocycles. The summed E-state index contributed by atoms with van der Waals surface area (Å²) in [6.45, 7) is 5.58. The number of hydrogen-bond donors (Lipinski definition) is 0. The van der Waals surface area contributed by atoms with Gasteiger partial charge in [0.2, 0.25) is 0 Å². The summed E-state index contributed by atoms with van der Waals surface area (Å²) >= 11 is 0. The van der Waals surface area contributed by atoms with Crippen molar-refractivity contribution in [1.82, 2.24) is 14.7 Å². The standard InChI is InChI=1S/C24H39N3O/c1-25(2)24(22-10-5-4-6-11-22)14-12-23(13-15-24)19-26(16-17-28-3)20-27(23)18-21-8-7-9-21/h4-6,10-11,21H,7-9,12-20H2,1-3H3/t23-,24-. The maximum atomic E-state index is 5.38. The van der Waals surface area contributed by atoms with Crippen LogP contribution in [-0.2, 0) is 10.3 Å². The quantitative estimate of drug-likeness (QED) is 0.711. The van der Waals surface area contributed by atoms with Crippen LogP contribution in [0.2, 0.25) is 0 Å². The Morgan fingerprint density at radius 1 is 1.07 bits per heavy atom. The molecule has 2 aliphatic carbocycles. The van der Waals surface area contributed by atoms with Gasteiger partial charge in [-0.2, -0.15) is 0 Å². The van der Waals surface area contributed by atoms with Crippen LogP contribution in [0.3, 0.4) is 0 Å². The second kappa shape index (κ2) is 8.43. The molecule has 0 atom stereocenters. The minimum atomic E-state index is 0.189. The second-order valence-corrected chi connectivity index (χ2v) is 9.72. The van der Waals surface area contributed by atoms with Gasteiger partial charge in [0.1, 0.15) is 0 Å². The fraction of sp³-hybridized carbons (Fsp3) is 0.750. The SMILES string of the molecule is COCCN1CN(CC2CCC2)[C@]2(CC[C@](c3ccccc3)(N(C)C)CC2)C1. The number of ether oxygens (including phenoxy) is 1. The highest BCUT2D eigenvalue weighted by Crippen LogP contribution is 2.49. The molecule has 1 spiro atoms. The third-order valence-corrected chi connectivity index (χ3v) is 8.05. The lowest BCUT2D eigenvalue weighted by atomic mass is 9.68. The van der Waals surface area contributed by atoms with Crippen molar-refractivity contribution in [2.45, 2.75) is 56.0 Å². The Kier molecular flexibility index (Phi) is 6.12. The van der Waals surface area contributed by atoms with E-state index in [0.29, 0.717) is 5.54 Å². The highest BCUT2D eigenvalue weighted by Gasteiger charge is 2.51. The molecule has 0 unspecified atom stereocenters. The van der Waals surface area contributed by atoms with Gasteiger partial charge in [0, 0.05) is 37.8 Å². The van der Waals surface area contributed by atoms with E-state index >= 15 is 0 Å². The van der Waals surface area contributed by atoms with Crippen LogP contribution in [0.1, 0.15) is 50.5 Å². The maximum Gasteiger partial charge on any atom is 0.0590 e. The molecule has 0 aromatic heterocycles. The number of benzene rings is 1. The van der Waals surface area contributed by atoms with Gasteiger partial charge in [-0.15, -0.1) is 0 Å². The third kappa shape index (κ3) is 3.77.